The summed E-state index contributed by atoms with van der Waals surface area (Å²) in [4.78, 5) is 3.72. The molecule has 2 rings (SSSR count). The molecule has 2 aromatic rings. The molecule has 0 saturated heterocycles. The molecule has 106 valence electrons. The molecule has 1 heterocycles. The topological polar surface area (TPSA) is 50.3 Å². The van der Waals surface area contributed by atoms with Gasteiger partial charge in [-0.3, -0.25) is 4.31 Å². The molecular formula is C12H9Cl2FN2O2S. The smallest absolute Gasteiger partial charge is 0.253 e. The number of pyridine rings is 1. The number of sulfonamides is 1. The van der Waals surface area contributed by atoms with Gasteiger partial charge in [0.1, 0.15) is 16.5 Å². The fourth-order valence-electron chi connectivity index (χ4n) is 1.51. The SMILES string of the molecule is CN(c1ccc(Cl)cn1)S(=O)(=O)c1ccc(F)cc1Cl. The molecule has 0 aliphatic carbocycles. The molecule has 0 atom stereocenters. The van der Waals surface area contributed by atoms with Gasteiger partial charge in [0, 0.05) is 13.2 Å². The van der Waals surface area contributed by atoms with E-state index in [2.05, 4.69) is 4.98 Å². The highest BCUT2D eigenvalue weighted by Crippen LogP contribution is 2.27. The molecule has 0 saturated carbocycles. The average Bonchev–Trinajstić information content (AvgIpc) is 2.38. The normalized spacial score (nSPS) is 11.4. The summed E-state index contributed by atoms with van der Waals surface area (Å²) in [6.07, 6.45) is 1.33. The number of aromatic nitrogens is 1. The van der Waals surface area contributed by atoms with E-state index in [1.807, 2.05) is 0 Å². The number of nitrogens with zero attached hydrogens (tertiary/aromatic N) is 2. The van der Waals surface area contributed by atoms with Gasteiger partial charge in [0.2, 0.25) is 0 Å². The van der Waals surface area contributed by atoms with Crippen LogP contribution in [0, 0.1) is 5.82 Å². The second-order valence-corrected chi connectivity index (χ2v) is 6.66. The van der Waals surface area contributed by atoms with Crippen molar-refractivity contribution in [1.82, 2.24) is 4.98 Å². The summed E-state index contributed by atoms with van der Waals surface area (Å²) in [6.45, 7) is 0. The maximum atomic E-state index is 13.0. The van der Waals surface area contributed by atoms with Crippen molar-refractivity contribution in [1.29, 1.82) is 0 Å². The molecule has 0 unspecified atom stereocenters. The van der Waals surface area contributed by atoms with E-state index in [1.54, 1.807) is 0 Å². The lowest BCUT2D eigenvalue weighted by atomic mass is 10.3. The second-order valence-electron chi connectivity index (χ2n) is 3.88. The van der Waals surface area contributed by atoms with E-state index in [-0.39, 0.29) is 15.7 Å². The van der Waals surface area contributed by atoms with Crippen molar-refractivity contribution in [3.8, 4) is 0 Å². The zero-order valence-electron chi connectivity index (χ0n) is 10.2. The van der Waals surface area contributed by atoms with Crippen LogP contribution < -0.4 is 4.31 Å². The molecule has 0 fully saturated rings. The highest BCUT2D eigenvalue weighted by Gasteiger charge is 2.25. The lowest BCUT2D eigenvalue weighted by Crippen LogP contribution is -2.27. The maximum Gasteiger partial charge on any atom is 0.266 e. The molecule has 0 N–H and O–H groups in total. The molecule has 0 bridgehead atoms. The highest BCUT2D eigenvalue weighted by molar-refractivity contribution is 7.92. The van der Waals surface area contributed by atoms with Crippen LogP contribution in [0.2, 0.25) is 10.0 Å². The molecule has 1 aromatic heterocycles. The zero-order chi connectivity index (χ0) is 14.9. The summed E-state index contributed by atoms with van der Waals surface area (Å²) >= 11 is 11.5. The Hall–Kier alpha value is -1.37. The first-order valence-electron chi connectivity index (χ1n) is 5.38. The van der Waals surface area contributed by atoms with Crippen molar-refractivity contribution in [2.24, 2.45) is 0 Å². The molecule has 0 aliphatic rings. The Morgan fingerprint density at radius 1 is 1.20 bits per heavy atom. The Bertz CT molecular complexity index is 736. The third-order valence-electron chi connectivity index (χ3n) is 2.57. The monoisotopic (exact) mass is 334 g/mol. The van der Waals surface area contributed by atoms with E-state index >= 15 is 0 Å². The highest BCUT2D eigenvalue weighted by atomic mass is 35.5. The van der Waals surface area contributed by atoms with Crippen molar-refractivity contribution < 1.29 is 12.8 Å². The van der Waals surface area contributed by atoms with Crippen LogP contribution in [0.1, 0.15) is 0 Å². The van der Waals surface area contributed by atoms with Crippen molar-refractivity contribution >= 4 is 39.0 Å². The fraction of sp³-hybridized carbons (Fsp3) is 0.0833. The molecule has 0 amide bonds. The summed E-state index contributed by atoms with van der Waals surface area (Å²) in [5.41, 5.74) is 0. The molecule has 4 nitrogen and oxygen atoms in total. The van der Waals surface area contributed by atoms with E-state index in [4.69, 9.17) is 23.2 Å². The maximum absolute atomic E-state index is 13.0. The number of halogens is 3. The molecular weight excluding hydrogens is 326 g/mol. The van der Waals surface area contributed by atoms with Gasteiger partial charge in [-0.05, 0) is 30.3 Å². The van der Waals surface area contributed by atoms with Crippen molar-refractivity contribution in [3.63, 3.8) is 0 Å². The third-order valence-corrected chi connectivity index (χ3v) is 5.04. The molecule has 0 radical (unpaired) electrons. The largest absolute Gasteiger partial charge is 0.266 e. The first-order chi connectivity index (χ1) is 9.32. The van der Waals surface area contributed by atoms with E-state index in [0.717, 1.165) is 22.5 Å². The number of rotatable bonds is 3. The number of hydrogen-bond donors (Lipinski definition) is 0. The van der Waals surface area contributed by atoms with E-state index < -0.39 is 15.8 Å². The van der Waals surface area contributed by atoms with Crippen LogP contribution in [0.3, 0.4) is 0 Å². The molecule has 1 aromatic carbocycles. The van der Waals surface area contributed by atoms with Gasteiger partial charge in [0.25, 0.3) is 10.0 Å². The molecule has 0 aliphatic heterocycles. The standard InChI is InChI=1S/C12H9Cl2FN2O2S/c1-17(12-5-2-8(13)7-16-12)20(18,19)11-4-3-9(15)6-10(11)14/h2-7H,1H3. The minimum Gasteiger partial charge on any atom is -0.253 e. The summed E-state index contributed by atoms with van der Waals surface area (Å²) in [7, 11) is -2.60. The minimum atomic E-state index is -3.92. The summed E-state index contributed by atoms with van der Waals surface area (Å²) in [5.74, 6) is -0.434. The Kier molecular flexibility index (Phi) is 4.17. The van der Waals surface area contributed by atoms with Crippen LogP contribution in [-0.4, -0.2) is 20.4 Å². The van der Waals surface area contributed by atoms with Gasteiger partial charge in [-0.2, -0.15) is 0 Å². The van der Waals surface area contributed by atoms with Crippen LogP contribution in [0.15, 0.2) is 41.4 Å². The average molecular weight is 335 g/mol. The first-order valence-corrected chi connectivity index (χ1v) is 7.57. The molecule has 8 heteroatoms. The summed E-state index contributed by atoms with van der Waals surface area (Å²) in [5, 5.41) is 0.199. The van der Waals surface area contributed by atoms with E-state index in [9.17, 15) is 12.8 Å². The Labute approximate surface area is 125 Å². The fourth-order valence-corrected chi connectivity index (χ4v) is 3.28. The van der Waals surface area contributed by atoms with Gasteiger partial charge in [0.05, 0.1) is 10.0 Å². The Morgan fingerprint density at radius 2 is 1.90 bits per heavy atom. The second kappa shape index (κ2) is 5.55. The number of benzene rings is 1. The van der Waals surface area contributed by atoms with Crippen LogP contribution in [0.25, 0.3) is 0 Å². The van der Waals surface area contributed by atoms with Gasteiger partial charge in [-0.25, -0.2) is 17.8 Å². The van der Waals surface area contributed by atoms with E-state index in [1.165, 1.54) is 25.4 Å². The van der Waals surface area contributed by atoms with Gasteiger partial charge < -0.3 is 0 Å². The van der Waals surface area contributed by atoms with Crippen LogP contribution in [-0.2, 0) is 10.0 Å². The quantitative estimate of drug-likeness (QED) is 0.864. The van der Waals surface area contributed by atoms with Crippen molar-refractivity contribution in [3.05, 3.63) is 52.4 Å². The lowest BCUT2D eigenvalue weighted by Gasteiger charge is -2.19. The van der Waals surface area contributed by atoms with Crippen molar-refractivity contribution in [2.75, 3.05) is 11.4 Å². The van der Waals surface area contributed by atoms with Gasteiger partial charge in [-0.1, -0.05) is 23.2 Å². The van der Waals surface area contributed by atoms with Crippen LogP contribution in [0.4, 0.5) is 10.2 Å². The van der Waals surface area contributed by atoms with Gasteiger partial charge >= 0.3 is 0 Å². The predicted molar refractivity (Wildman–Crippen MR) is 76.2 cm³/mol. The number of hydrogen-bond acceptors (Lipinski definition) is 3. The van der Waals surface area contributed by atoms with Crippen LogP contribution in [0.5, 0.6) is 0 Å². The molecule has 20 heavy (non-hydrogen) atoms. The first kappa shape index (κ1) is 15.0. The third kappa shape index (κ3) is 2.87. The lowest BCUT2D eigenvalue weighted by molar-refractivity contribution is 0.593. The molecule has 0 spiro atoms. The zero-order valence-corrected chi connectivity index (χ0v) is 12.5. The minimum absolute atomic E-state index is 0.176. The van der Waals surface area contributed by atoms with E-state index in [0.29, 0.717) is 5.02 Å². The van der Waals surface area contributed by atoms with Gasteiger partial charge in [0.15, 0.2) is 0 Å². The predicted octanol–water partition coefficient (Wildman–Crippen LogP) is 3.35. The summed E-state index contributed by atoms with van der Waals surface area (Å²) < 4.78 is 38.7. The Morgan fingerprint density at radius 3 is 2.45 bits per heavy atom. The van der Waals surface area contributed by atoms with Gasteiger partial charge in [-0.15, -0.1) is 0 Å². The van der Waals surface area contributed by atoms with Crippen LogP contribution >= 0.6 is 23.2 Å². The Balaban J connectivity index is 2.46. The summed E-state index contributed by atoms with van der Waals surface area (Å²) in [6, 6.07) is 6.05. The number of anilines is 1. The van der Waals surface area contributed by atoms with Crippen molar-refractivity contribution in [2.45, 2.75) is 4.90 Å².